The van der Waals surface area contributed by atoms with Crippen LogP contribution in [-0.2, 0) is 10.8 Å². The predicted octanol–water partition coefficient (Wildman–Crippen LogP) is 6.33. The summed E-state index contributed by atoms with van der Waals surface area (Å²) < 4.78 is 0. The quantitative estimate of drug-likeness (QED) is 0.604. The van der Waals surface area contributed by atoms with Gasteiger partial charge in [-0.05, 0) is 54.0 Å². The normalized spacial score (nSPS) is 11.8. The lowest BCUT2D eigenvalue weighted by Gasteiger charge is -2.28. The van der Waals surface area contributed by atoms with Crippen molar-refractivity contribution < 1.29 is 5.11 Å². The predicted molar refractivity (Wildman–Crippen MR) is 108 cm³/mol. The summed E-state index contributed by atoms with van der Waals surface area (Å²) in [4.78, 5) is 0. The van der Waals surface area contributed by atoms with Crippen LogP contribution in [0.15, 0.2) is 30.3 Å². The van der Waals surface area contributed by atoms with E-state index < -0.39 is 0 Å². The number of hydrogen-bond donors (Lipinski definition) is 1. The molecule has 1 nitrogen and oxygen atoms in total. The van der Waals surface area contributed by atoms with Crippen LogP contribution in [0.1, 0.15) is 70.7 Å². The van der Waals surface area contributed by atoms with Gasteiger partial charge >= 0.3 is 0 Å². The van der Waals surface area contributed by atoms with Gasteiger partial charge in [0.1, 0.15) is 5.75 Å². The molecule has 0 saturated heterocycles. The molecule has 0 bridgehead atoms. The first-order valence-corrected chi connectivity index (χ1v) is 8.87. The highest BCUT2D eigenvalue weighted by atomic mass is 16.3. The lowest BCUT2D eigenvalue weighted by molar-refractivity contribution is 0.423. The van der Waals surface area contributed by atoms with E-state index in [0.29, 0.717) is 5.75 Å². The fourth-order valence-corrected chi connectivity index (χ4v) is 3.07. The van der Waals surface area contributed by atoms with E-state index in [1.807, 2.05) is 6.92 Å². The molecule has 2 aromatic carbocycles. The average Bonchev–Trinajstić information content (AvgIpc) is 2.47. The largest absolute Gasteiger partial charge is 0.507 e. The number of phenols is 1. The Balaban J connectivity index is 2.88. The average molecular weight is 335 g/mol. The highest BCUT2D eigenvalue weighted by Gasteiger charge is 2.27. The fraction of sp³-hybridized carbons (Fsp3) is 0.417. The van der Waals surface area contributed by atoms with Crippen molar-refractivity contribution in [2.75, 3.05) is 0 Å². The Morgan fingerprint density at radius 2 is 1.36 bits per heavy atom. The monoisotopic (exact) mass is 334 g/mol. The molecule has 0 aliphatic rings. The molecule has 0 aromatic heterocycles. The Hall–Kier alpha value is -2.20. The van der Waals surface area contributed by atoms with Gasteiger partial charge < -0.3 is 5.11 Å². The molecule has 2 aromatic rings. The molecule has 0 fully saturated rings. The van der Waals surface area contributed by atoms with Crippen molar-refractivity contribution in [2.45, 2.75) is 66.2 Å². The number of rotatable bonds is 1. The number of aryl methyl sites for hydroxylation is 1. The molecule has 0 atom stereocenters. The zero-order valence-corrected chi connectivity index (χ0v) is 16.8. The van der Waals surface area contributed by atoms with Crippen LogP contribution in [0.5, 0.6) is 5.75 Å². The zero-order valence-electron chi connectivity index (χ0n) is 16.8. The van der Waals surface area contributed by atoms with Crippen LogP contribution < -0.4 is 0 Å². The number of aromatic hydroxyl groups is 1. The first kappa shape index (κ1) is 19.1. The molecule has 1 heteroatoms. The summed E-state index contributed by atoms with van der Waals surface area (Å²) in [7, 11) is 0. The highest BCUT2D eigenvalue weighted by molar-refractivity contribution is 5.75. The smallest absolute Gasteiger partial charge is 0.123 e. The number of hydrogen-bond acceptors (Lipinski definition) is 1. The first-order valence-electron chi connectivity index (χ1n) is 8.87. The second kappa shape index (κ2) is 6.60. The lowest BCUT2D eigenvalue weighted by atomic mass is 9.77. The van der Waals surface area contributed by atoms with Crippen molar-refractivity contribution in [3.05, 3.63) is 52.6 Å². The summed E-state index contributed by atoms with van der Waals surface area (Å²) in [5, 5.41) is 10.9. The van der Waals surface area contributed by atoms with Crippen LogP contribution in [0.25, 0.3) is 11.1 Å². The first-order chi connectivity index (χ1) is 11.4. The maximum atomic E-state index is 10.9. The molecule has 1 N–H and O–H groups in total. The van der Waals surface area contributed by atoms with E-state index in [2.05, 4.69) is 90.6 Å². The second-order valence-electron chi connectivity index (χ2n) is 8.84. The highest BCUT2D eigenvalue weighted by Crippen LogP contribution is 2.42. The van der Waals surface area contributed by atoms with E-state index in [9.17, 15) is 5.11 Å². The third-order valence-corrected chi connectivity index (χ3v) is 4.47. The molecule has 0 aliphatic carbocycles. The minimum absolute atomic E-state index is 0.138. The molecular weight excluding hydrogens is 304 g/mol. The van der Waals surface area contributed by atoms with Gasteiger partial charge in [0.25, 0.3) is 0 Å². The van der Waals surface area contributed by atoms with E-state index in [0.717, 1.165) is 27.8 Å². The molecule has 2 rings (SSSR count). The second-order valence-corrected chi connectivity index (χ2v) is 8.84. The van der Waals surface area contributed by atoms with Crippen LogP contribution in [0.4, 0.5) is 0 Å². The van der Waals surface area contributed by atoms with Gasteiger partial charge in [-0.3, -0.25) is 0 Å². The Morgan fingerprint density at radius 1 is 0.840 bits per heavy atom. The Bertz CT molecular complexity index is 811. The van der Waals surface area contributed by atoms with Gasteiger partial charge in [-0.15, -0.1) is 5.92 Å². The molecule has 0 heterocycles. The minimum Gasteiger partial charge on any atom is -0.507 e. The number of phenolic OH excluding ortho intramolecular Hbond substituents is 1. The third-order valence-electron chi connectivity index (χ3n) is 4.47. The van der Waals surface area contributed by atoms with E-state index in [-0.39, 0.29) is 10.8 Å². The van der Waals surface area contributed by atoms with E-state index in [4.69, 9.17) is 0 Å². The van der Waals surface area contributed by atoms with Crippen LogP contribution in [0.3, 0.4) is 0 Å². The molecule has 0 spiro atoms. The standard InChI is InChI=1S/C24H30O/c1-9-10-17-12-11-16(2)13-19(17)18-14-20(23(3,4)5)22(25)21(15-18)24(6,7)8/h11-15,25H,1-8H3. The van der Waals surface area contributed by atoms with Gasteiger partial charge in [0, 0.05) is 16.7 Å². The van der Waals surface area contributed by atoms with Crippen LogP contribution >= 0.6 is 0 Å². The Kier molecular flexibility index (Phi) is 5.05. The van der Waals surface area contributed by atoms with Gasteiger partial charge in [-0.1, -0.05) is 65.2 Å². The summed E-state index contributed by atoms with van der Waals surface area (Å²) in [5.74, 6) is 6.65. The van der Waals surface area contributed by atoms with Crippen LogP contribution in [-0.4, -0.2) is 5.11 Å². The van der Waals surface area contributed by atoms with Gasteiger partial charge in [-0.25, -0.2) is 0 Å². The zero-order chi connectivity index (χ0) is 19.0. The van der Waals surface area contributed by atoms with Gasteiger partial charge in [0.2, 0.25) is 0 Å². The Labute approximate surface area is 153 Å². The van der Waals surface area contributed by atoms with Gasteiger partial charge in [0.15, 0.2) is 0 Å². The molecule has 25 heavy (non-hydrogen) atoms. The fourth-order valence-electron chi connectivity index (χ4n) is 3.07. The van der Waals surface area contributed by atoms with E-state index in [1.54, 1.807) is 0 Å². The lowest BCUT2D eigenvalue weighted by Crippen LogP contribution is -2.17. The summed E-state index contributed by atoms with van der Waals surface area (Å²) >= 11 is 0. The van der Waals surface area contributed by atoms with Crippen molar-refractivity contribution in [1.82, 2.24) is 0 Å². The molecular formula is C24H30O. The molecule has 132 valence electrons. The maximum Gasteiger partial charge on any atom is 0.123 e. The molecule has 0 unspecified atom stereocenters. The van der Waals surface area contributed by atoms with Gasteiger partial charge in [-0.2, -0.15) is 0 Å². The molecule has 0 saturated carbocycles. The molecule has 0 aliphatic heterocycles. The summed E-state index contributed by atoms with van der Waals surface area (Å²) in [6.45, 7) is 16.8. The maximum absolute atomic E-state index is 10.9. The van der Waals surface area contributed by atoms with Crippen molar-refractivity contribution >= 4 is 0 Å². The van der Waals surface area contributed by atoms with E-state index >= 15 is 0 Å². The van der Waals surface area contributed by atoms with E-state index in [1.165, 1.54) is 5.56 Å². The summed E-state index contributed by atoms with van der Waals surface area (Å²) in [6.07, 6.45) is 0. The van der Waals surface area contributed by atoms with Crippen molar-refractivity contribution in [1.29, 1.82) is 0 Å². The Morgan fingerprint density at radius 3 is 1.80 bits per heavy atom. The van der Waals surface area contributed by atoms with Crippen molar-refractivity contribution in [2.24, 2.45) is 0 Å². The SMILES string of the molecule is CC#Cc1ccc(C)cc1-c1cc(C(C)(C)C)c(O)c(C(C)(C)C)c1. The summed E-state index contributed by atoms with van der Waals surface area (Å²) in [5.41, 5.74) is 6.16. The molecule has 0 amide bonds. The van der Waals surface area contributed by atoms with Gasteiger partial charge in [0.05, 0.1) is 0 Å². The van der Waals surface area contributed by atoms with Crippen molar-refractivity contribution in [3.63, 3.8) is 0 Å². The number of benzene rings is 2. The minimum atomic E-state index is -0.138. The van der Waals surface area contributed by atoms with Crippen LogP contribution in [0.2, 0.25) is 0 Å². The third kappa shape index (κ3) is 4.07. The van der Waals surface area contributed by atoms with Crippen LogP contribution in [0, 0.1) is 18.8 Å². The molecule has 0 radical (unpaired) electrons. The van der Waals surface area contributed by atoms with Crippen molar-refractivity contribution in [3.8, 4) is 28.7 Å². The topological polar surface area (TPSA) is 20.2 Å². The summed E-state index contributed by atoms with van der Waals surface area (Å²) in [6, 6.07) is 10.6.